The van der Waals surface area contributed by atoms with Gasteiger partial charge in [0, 0.05) is 13.0 Å². The summed E-state index contributed by atoms with van der Waals surface area (Å²) < 4.78 is 5.71. The molecular weight excluding hydrogens is 236 g/mol. The average Bonchev–Trinajstić information content (AvgIpc) is 2.74. The molecule has 1 heterocycles. The number of hydrogen-bond acceptors (Lipinski definition) is 3. The summed E-state index contributed by atoms with van der Waals surface area (Å²) in [4.78, 5) is 4.37. The minimum atomic E-state index is 0.552. The Bertz CT molecular complexity index is 430. The third-order valence-electron chi connectivity index (χ3n) is 5.77. The molecule has 19 heavy (non-hydrogen) atoms. The van der Waals surface area contributed by atoms with E-state index in [2.05, 4.69) is 10.3 Å². The Kier molecular flexibility index (Phi) is 2.73. The van der Waals surface area contributed by atoms with Gasteiger partial charge in [-0.2, -0.15) is 0 Å². The van der Waals surface area contributed by atoms with Crippen LogP contribution in [-0.2, 0) is 13.0 Å². The Morgan fingerprint density at radius 2 is 1.84 bits per heavy atom. The van der Waals surface area contributed by atoms with E-state index in [9.17, 15) is 0 Å². The summed E-state index contributed by atoms with van der Waals surface area (Å²) in [7, 11) is 1.98. The summed E-state index contributed by atoms with van der Waals surface area (Å²) in [6, 6.07) is 0. The summed E-state index contributed by atoms with van der Waals surface area (Å²) in [5, 5.41) is 3.20. The smallest absolute Gasteiger partial charge is 0.181 e. The molecule has 4 bridgehead atoms. The molecule has 0 radical (unpaired) electrons. The Hall–Kier alpha value is -0.830. The molecule has 4 aliphatic rings. The second-order valence-corrected chi connectivity index (χ2v) is 7.35. The molecule has 0 spiro atoms. The lowest BCUT2D eigenvalue weighted by atomic mass is 9.48. The molecule has 0 unspecified atom stereocenters. The molecule has 1 aromatic heterocycles. The fourth-order valence-corrected chi connectivity index (χ4v) is 5.60. The molecule has 0 aromatic carbocycles. The van der Waals surface area contributed by atoms with Crippen LogP contribution >= 0.6 is 0 Å². The molecule has 0 amide bonds. The van der Waals surface area contributed by atoms with Crippen molar-refractivity contribution in [1.82, 2.24) is 10.3 Å². The lowest BCUT2D eigenvalue weighted by Crippen LogP contribution is -2.47. The van der Waals surface area contributed by atoms with Gasteiger partial charge in [0.2, 0.25) is 0 Å². The normalized spacial score (nSPS) is 39.9. The highest BCUT2D eigenvalue weighted by molar-refractivity contribution is 5.13. The van der Waals surface area contributed by atoms with E-state index >= 15 is 0 Å². The summed E-state index contributed by atoms with van der Waals surface area (Å²) in [6.45, 7) is 0.832. The monoisotopic (exact) mass is 260 g/mol. The summed E-state index contributed by atoms with van der Waals surface area (Å²) in [5.41, 5.74) is 1.68. The number of rotatable bonds is 4. The summed E-state index contributed by atoms with van der Waals surface area (Å²) in [6.07, 6.45) is 11.6. The van der Waals surface area contributed by atoms with Crippen LogP contribution in [0.2, 0.25) is 0 Å². The van der Waals surface area contributed by atoms with Crippen LogP contribution in [0.5, 0.6) is 0 Å². The maximum Gasteiger partial charge on any atom is 0.181 e. The second kappa shape index (κ2) is 4.34. The van der Waals surface area contributed by atoms with Gasteiger partial charge in [-0.15, -0.1) is 0 Å². The van der Waals surface area contributed by atoms with Gasteiger partial charge < -0.3 is 9.73 Å². The van der Waals surface area contributed by atoms with E-state index in [4.69, 9.17) is 4.42 Å². The quantitative estimate of drug-likeness (QED) is 0.903. The van der Waals surface area contributed by atoms with Gasteiger partial charge in [-0.25, -0.2) is 4.98 Å². The van der Waals surface area contributed by atoms with E-state index in [1.54, 1.807) is 6.39 Å². The van der Waals surface area contributed by atoms with Crippen LogP contribution < -0.4 is 5.32 Å². The molecule has 5 rings (SSSR count). The largest absolute Gasteiger partial charge is 0.448 e. The summed E-state index contributed by atoms with van der Waals surface area (Å²) in [5.74, 6) is 4.20. The van der Waals surface area contributed by atoms with Gasteiger partial charge >= 0.3 is 0 Å². The predicted molar refractivity (Wildman–Crippen MR) is 73.6 cm³/mol. The van der Waals surface area contributed by atoms with E-state index in [-0.39, 0.29) is 0 Å². The van der Waals surface area contributed by atoms with Crippen molar-refractivity contribution in [2.75, 3.05) is 7.05 Å². The van der Waals surface area contributed by atoms with E-state index in [1.165, 1.54) is 38.5 Å². The van der Waals surface area contributed by atoms with E-state index in [0.717, 1.165) is 42.2 Å². The van der Waals surface area contributed by atoms with E-state index in [1.807, 2.05) is 7.05 Å². The molecule has 4 aliphatic carbocycles. The Labute approximate surface area is 115 Å². The Balaban J connectivity index is 1.57. The molecule has 104 valence electrons. The molecule has 4 fully saturated rings. The van der Waals surface area contributed by atoms with Gasteiger partial charge in [-0.05, 0) is 68.7 Å². The zero-order valence-electron chi connectivity index (χ0n) is 11.8. The topological polar surface area (TPSA) is 38.1 Å². The molecular formula is C16H24N2O. The van der Waals surface area contributed by atoms with Crippen molar-refractivity contribution < 1.29 is 4.42 Å². The molecule has 0 saturated heterocycles. The first-order chi connectivity index (χ1) is 9.26. The first-order valence-electron chi connectivity index (χ1n) is 7.82. The van der Waals surface area contributed by atoms with Crippen LogP contribution in [0.15, 0.2) is 10.8 Å². The molecule has 1 aromatic rings. The van der Waals surface area contributed by atoms with Gasteiger partial charge in [0.15, 0.2) is 6.39 Å². The first-order valence-corrected chi connectivity index (χ1v) is 7.82. The lowest BCUT2D eigenvalue weighted by Gasteiger charge is -2.56. The predicted octanol–water partition coefficient (Wildman–Crippen LogP) is 3.15. The minimum Gasteiger partial charge on any atom is -0.448 e. The second-order valence-electron chi connectivity index (χ2n) is 7.35. The standard InChI is InChI=1S/C16H24N2O/c1-17-9-14-15(19-10-18-14)8-16-5-11-2-12(6-16)4-13(3-11)7-16/h10-13,17H,2-9H2,1H3. The maximum atomic E-state index is 5.71. The van der Waals surface area contributed by atoms with Crippen molar-refractivity contribution in [3.8, 4) is 0 Å². The first kappa shape index (κ1) is 12.0. The number of oxazole rings is 1. The van der Waals surface area contributed by atoms with Gasteiger partial charge in [0.1, 0.15) is 5.76 Å². The van der Waals surface area contributed by atoms with Crippen molar-refractivity contribution in [2.45, 2.75) is 51.5 Å². The van der Waals surface area contributed by atoms with Crippen LogP contribution in [-0.4, -0.2) is 12.0 Å². The number of aromatic nitrogens is 1. The minimum absolute atomic E-state index is 0.552. The van der Waals surface area contributed by atoms with Crippen molar-refractivity contribution in [1.29, 1.82) is 0 Å². The fraction of sp³-hybridized carbons (Fsp3) is 0.812. The highest BCUT2D eigenvalue weighted by Crippen LogP contribution is 2.61. The SMILES string of the molecule is CNCc1ncoc1CC12CC3CC(CC(C3)C1)C2. The Morgan fingerprint density at radius 3 is 2.42 bits per heavy atom. The van der Waals surface area contributed by atoms with Crippen molar-refractivity contribution in [2.24, 2.45) is 23.2 Å². The number of hydrogen-bond donors (Lipinski definition) is 1. The molecule has 3 nitrogen and oxygen atoms in total. The highest BCUT2D eigenvalue weighted by atomic mass is 16.3. The summed E-state index contributed by atoms with van der Waals surface area (Å²) >= 11 is 0. The van der Waals surface area contributed by atoms with Gasteiger partial charge in [-0.1, -0.05) is 0 Å². The fourth-order valence-electron chi connectivity index (χ4n) is 5.60. The van der Waals surface area contributed by atoms with Crippen molar-refractivity contribution in [3.63, 3.8) is 0 Å². The lowest BCUT2D eigenvalue weighted by molar-refractivity contribution is -0.0546. The van der Waals surface area contributed by atoms with Crippen molar-refractivity contribution >= 4 is 0 Å². The third kappa shape index (κ3) is 2.03. The van der Waals surface area contributed by atoms with E-state index in [0.29, 0.717) is 5.41 Å². The van der Waals surface area contributed by atoms with E-state index < -0.39 is 0 Å². The van der Waals surface area contributed by atoms with Gasteiger partial charge in [0.25, 0.3) is 0 Å². The molecule has 3 heteroatoms. The van der Waals surface area contributed by atoms with Gasteiger partial charge in [0.05, 0.1) is 5.69 Å². The highest BCUT2D eigenvalue weighted by Gasteiger charge is 2.51. The average molecular weight is 260 g/mol. The molecule has 4 saturated carbocycles. The van der Waals surface area contributed by atoms with Crippen molar-refractivity contribution in [3.05, 3.63) is 17.8 Å². The van der Waals surface area contributed by atoms with Crippen LogP contribution in [0.3, 0.4) is 0 Å². The van der Waals surface area contributed by atoms with Crippen LogP contribution in [0, 0.1) is 23.2 Å². The zero-order chi connectivity index (χ0) is 12.9. The Morgan fingerprint density at radius 1 is 1.21 bits per heavy atom. The number of nitrogens with one attached hydrogen (secondary N) is 1. The number of nitrogens with zero attached hydrogens (tertiary/aromatic N) is 1. The van der Waals surface area contributed by atoms with Gasteiger partial charge in [-0.3, -0.25) is 0 Å². The van der Waals surface area contributed by atoms with Crippen LogP contribution in [0.1, 0.15) is 50.0 Å². The molecule has 0 atom stereocenters. The molecule has 0 aliphatic heterocycles. The van der Waals surface area contributed by atoms with Crippen LogP contribution in [0.25, 0.3) is 0 Å². The third-order valence-corrected chi connectivity index (χ3v) is 5.77. The zero-order valence-corrected chi connectivity index (χ0v) is 11.8. The molecule has 1 N–H and O–H groups in total. The van der Waals surface area contributed by atoms with Crippen LogP contribution in [0.4, 0.5) is 0 Å². The maximum absolute atomic E-state index is 5.71.